The highest BCUT2D eigenvalue weighted by atomic mass is 79.9. The molecule has 0 unspecified atom stereocenters. The summed E-state index contributed by atoms with van der Waals surface area (Å²) in [5.74, 6) is 0.775. The molecule has 1 aromatic heterocycles. The van der Waals surface area contributed by atoms with Crippen molar-refractivity contribution in [1.82, 2.24) is 9.55 Å². The van der Waals surface area contributed by atoms with E-state index in [1.54, 1.807) is 0 Å². The molecule has 0 bridgehead atoms. The average Bonchev–Trinajstić information content (AvgIpc) is 2.63. The number of nitrogens with one attached hydrogen (secondary N) is 1. The number of hydrogen-bond acceptors (Lipinski definition) is 2. The van der Waals surface area contributed by atoms with Crippen molar-refractivity contribution in [1.29, 1.82) is 0 Å². The maximum Gasteiger partial charge on any atom is 0.207 e. The third-order valence-electron chi connectivity index (χ3n) is 2.22. The van der Waals surface area contributed by atoms with Crippen molar-refractivity contribution in [2.24, 2.45) is 0 Å². The van der Waals surface area contributed by atoms with Crippen molar-refractivity contribution in [2.75, 3.05) is 12.4 Å². The van der Waals surface area contributed by atoms with Gasteiger partial charge in [0, 0.05) is 17.7 Å². The minimum Gasteiger partial charge on any atom is -0.358 e. The maximum absolute atomic E-state index is 6.17. The van der Waals surface area contributed by atoms with Crippen LogP contribution in [0.1, 0.15) is 5.69 Å². The van der Waals surface area contributed by atoms with E-state index in [9.17, 15) is 0 Å². The van der Waals surface area contributed by atoms with Gasteiger partial charge in [0.2, 0.25) is 5.95 Å². The lowest BCUT2D eigenvalue weighted by molar-refractivity contribution is 1.05. The van der Waals surface area contributed by atoms with Gasteiger partial charge in [0.1, 0.15) is 0 Å². The molecular formula is C11H11BrClN3. The van der Waals surface area contributed by atoms with Crippen molar-refractivity contribution in [2.45, 2.75) is 6.92 Å². The Hall–Kier alpha value is -1.000. The van der Waals surface area contributed by atoms with E-state index in [0.717, 1.165) is 21.8 Å². The topological polar surface area (TPSA) is 29.9 Å². The minimum absolute atomic E-state index is 0.692. The molecule has 0 atom stereocenters. The Balaban J connectivity index is 2.61. The molecule has 0 fully saturated rings. The van der Waals surface area contributed by atoms with E-state index >= 15 is 0 Å². The number of hydrogen-bond donors (Lipinski definition) is 1. The summed E-state index contributed by atoms with van der Waals surface area (Å²) >= 11 is 9.61. The summed E-state index contributed by atoms with van der Waals surface area (Å²) in [5, 5.41) is 3.73. The monoisotopic (exact) mass is 299 g/mol. The molecule has 0 radical (unpaired) electrons. The van der Waals surface area contributed by atoms with Gasteiger partial charge in [-0.3, -0.25) is 4.57 Å². The van der Waals surface area contributed by atoms with Gasteiger partial charge >= 0.3 is 0 Å². The number of aryl methyl sites for hydroxylation is 1. The second kappa shape index (κ2) is 4.47. The molecule has 0 aliphatic rings. The highest BCUT2D eigenvalue weighted by Gasteiger charge is 2.09. The number of aromatic nitrogens is 2. The second-order valence-electron chi connectivity index (χ2n) is 3.42. The van der Waals surface area contributed by atoms with Crippen molar-refractivity contribution < 1.29 is 0 Å². The maximum atomic E-state index is 6.17. The molecule has 0 amide bonds. The molecular weight excluding hydrogens is 289 g/mol. The molecule has 0 saturated heterocycles. The summed E-state index contributed by atoms with van der Waals surface area (Å²) in [4.78, 5) is 4.35. The van der Waals surface area contributed by atoms with E-state index in [1.807, 2.05) is 42.9 Å². The molecule has 1 N–H and O–H groups in total. The summed E-state index contributed by atoms with van der Waals surface area (Å²) in [5.41, 5.74) is 1.85. The number of anilines is 1. The van der Waals surface area contributed by atoms with Crippen molar-refractivity contribution in [3.63, 3.8) is 0 Å². The Morgan fingerprint density at radius 2 is 2.19 bits per heavy atom. The zero-order valence-corrected chi connectivity index (χ0v) is 11.3. The molecule has 0 aliphatic carbocycles. The van der Waals surface area contributed by atoms with E-state index in [1.165, 1.54) is 0 Å². The van der Waals surface area contributed by atoms with Crippen LogP contribution in [0, 0.1) is 6.92 Å². The van der Waals surface area contributed by atoms with Gasteiger partial charge in [-0.05, 0) is 25.1 Å². The average molecular weight is 301 g/mol. The van der Waals surface area contributed by atoms with Crippen molar-refractivity contribution in [3.05, 3.63) is 39.6 Å². The lowest BCUT2D eigenvalue weighted by Gasteiger charge is -2.09. The van der Waals surface area contributed by atoms with Crippen LogP contribution in [0.5, 0.6) is 0 Å². The number of imidazole rings is 1. The Morgan fingerprint density at radius 3 is 2.88 bits per heavy atom. The number of rotatable bonds is 2. The molecule has 1 aromatic carbocycles. The third kappa shape index (κ3) is 2.08. The van der Waals surface area contributed by atoms with E-state index in [4.69, 9.17) is 11.6 Å². The summed E-state index contributed by atoms with van der Waals surface area (Å²) < 4.78 is 2.92. The smallest absolute Gasteiger partial charge is 0.207 e. The van der Waals surface area contributed by atoms with Crippen LogP contribution in [-0.4, -0.2) is 16.6 Å². The molecule has 16 heavy (non-hydrogen) atoms. The Labute approximate surface area is 108 Å². The molecule has 2 aromatic rings. The summed E-state index contributed by atoms with van der Waals surface area (Å²) in [7, 11) is 1.84. The van der Waals surface area contributed by atoms with Gasteiger partial charge in [0.05, 0.1) is 16.4 Å². The van der Waals surface area contributed by atoms with Crippen molar-refractivity contribution in [3.8, 4) is 5.69 Å². The molecule has 0 spiro atoms. The highest BCUT2D eigenvalue weighted by Crippen LogP contribution is 2.27. The summed E-state index contributed by atoms with van der Waals surface area (Å²) in [6.07, 6.45) is 1.94. The van der Waals surface area contributed by atoms with Gasteiger partial charge in [0.15, 0.2) is 0 Å². The fraction of sp³-hybridized carbons (Fsp3) is 0.182. The van der Waals surface area contributed by atoms with Crippen LogP contribution in [0.2, 0.25) is 5.02 Å². The fourth-order valence-corrected chi connectivity index (χ4v) is 2.09. The first kappa shape index (κ1) is 11.5. The lowest BCUT2D eigenvalue weighted by atomic mass is 10.3. The van der Waals surface area contributed by atoms with Gasteiger partial charge in [0.25, 0.3) is 0 Å². The predicted octanol–water partition coefficient (Wildman–Crippen LogP) is 3.64. The normalized spacial score (nSPS) is 10.5. The zero-order chi connectivity index (χ0) is 11.7. The fourth-order valence-electron chi connectivity index (χ4n) is 1.53. The van der Waals surface area contributed by atoms with Gasteiger partial charge in [-0.2, -0.15) is 0 Å². The van der Waals surface area contributed by atoms with E-state index < -0.39 is 0 Å². The molecule has 3 nitrogen and oxygen atoms in total. The Morgan fingerprint density at radius 1 is 1.44 bits per heavy atom. The van der Waals surface area contributed by atoms with E-state index in [-0.39, 0.29) is 0 Å². The van der Waals surface area contributed by atoms with Crippen LogP contribution in [0.4, 0.5) is 5.95 Å². The lowest BCUT2D eigenvalue weighted by Crippen LogP contribution is -2.01. The SMILES string of the molecule is CNc1nc(C)cn1-c1cc(Br)ccc1Cl. The van der Waals surface area contributed by atoms with Gasteiger partial charge in [-0.15, -0.1) is 0 Å². The van der Waals surface area contributed by atoms with E-state index in [2.05, 4.69) is 26.2 Å². The largest absolute Gasteiger partial charge is 0.358 e. The molecule has 0 saturated carbocycles. The zero-order valence-electron chi connectivity index (χ0n) is 8.96. The van der Waals surface area contributed by atoms with Crippen LogP contribution in [0.25, 0.3) is 5.69 Å². The van der Waals surface area contributed by atoms with Crippen LogP contribution in [0.3, 0.4) is 0 Å². The van der Waals surface area contributed by atoms with Gasteiger partial charge < -0.3 is 5.32 Å². The first-order chi connectivity index (χ1) is 7.61. The molecule has 5 heteroatoms. The molecule has 2 rings (SSSR count). The van der Waals surface area contributed by atoms with Crippen LogP contribution < -0.4 is 5.32 Å². The van der Waals surface area contributed by atoms with E-state index in [0.29, 0.717) is 5.02 Å². The molecule has 1 heterocycles. The molecule has 84 valence electrons. The number of halogens is 2. The first-order valence-corrected chi connectivity index (χ1v) is 5.98. The van der Waals surface area contributed by atoms with Gasteiger partial charge in [-0.25, -0.2) is 4.98 Å². The summed E-state index contributed by atoms with van der Waals surface area (Å²) in [6, 6.07) is 5.73. The quantitative estimate of drug-likeness (QED) is 0.917. The number of benzene rings is 1. The van der Waals surface area contributed by atoms with Gasteiger partial charge in [-0.1, -0.05) is 27.5 Å². The minimum atomic E-state index is 0.692. The Bertz CT molecular complexity index is 522. The van der Waals surface area contributed by atoms with Crippen LogP contribution >= 0.6 is 27.5 Å². The standard InChI is InChI=1S/C11H11BrClN3/c1-7-6-16(11(14-2)15-7)10-5-8(12)3-4-9(10)13/h3-6H,1-2H3,(H,14,15). The predicted molar refractivity (Wildman–Crippen MR) is 70.6 cm³/mol. The Kier molecular flexibility index (Phi) is 3.21. The summed E-state index contributed by atoms with van der Waals surface area (Å²) in [6.45, 7) is 1.95. The third-order valence-corrected chi connectivity index (χ3v) is 3.03. The van der Waals surface area contributed by atoms with Crippen LogP contribution in [-0.2, 0) is 0 Å². The highest BCUT2D eigenvalue weighted by molar-refractivity contribution is 9.10. The van der Waals surface area contributed by atoms with Crippen molar-refractivity contribution >= 4 is 33.5 Å². The molecule has 0 aliphatic heterocycles. The van der Waals surface area contributed by atoms with Crippen LogP contribution in [0.15, 0.2) is 28.9 Å². The number of nitrogens with zero attached hydrogens (tertiary/aromatic N) is 2. The second-order valence-corrected chi connectivity index (χ2v) is 4.74. The first-order valence-electron chi connectivity index (χ1n) is 4.81.